The maximum absolute atomic E-state index is 6.35. The third kappa shape index (κ3) is 4.10. The number of nitrogens with one attached hydrogen (secondary N) is 1. The molecule has 6 heteroatoms. The fourth-order valence-corrected chi connectivity index (χ4v) is 3.57. The second-order valence-electron chi connectivity index (χ2n) is 7.17. The zero-order valence-electron chi connectivity index (χ0n) is 16.7. The van der Waals surface area contributed by atoms with Gasteiger partial charge in [0.2, 0.25) is 0 Å². The van der Waals surface area contributed by atoms with Crippen molar-refractivity contribution in [1.82, 2.24) is 15.0 Å². The fourth-order valence-electron chi connectivity index (χ4n) is 3.57. The number of piperidine rings is 1. The molecular formula is C23H24N4O2. The molecule has 1 atom stereocenters. The van der Waals surface area contributed by atoms with Crippen molar-refractivity contribution >= 4 is 22.4 Å². The average Bonchev–Trinajstić information content (AvgIpc) is 2.75. The summed E-state index contributed by atoms with van der Waals surface area (Å²) in [5.74, 6) is 4.68. The molecule has 0 saturated carbocycles. The van der Waals surface area contributed by atoms with E-state index in [4.69, 9.17) is 16.0 Å². The Kier molecular flexibility index (Phi) is 5.50. The number of fused-ring (bicyclic) bond motifs is 1. The van der Waals surface area contributed by atoms with Crippen LogP contribution in [0.4, 0.5) is 11.5 Å². The SMILES string of the molecule is C#Cc1cccc(Nc2ncnc3cc(OC)cc(ON4CCCCC4C)c23)c1. The van der Waals surface area contributed by atoms with Crippen molar-refractivity contribution in [3.63, 3.8) is 0 Å². The number of terminal acetylenes is 1. The van der Waals surface area contributed by atoms with Crippen molar-refractivity contribution in [2.24, 2.45) is 0 Å². The van der Waals surface area contributed by atoms with Crippen LogP contribution in [0.5, 0.6) is 11.5 Å². The molecule has 0 amide bonds. The number of hydrogen-bond acceptors (Lipinski definition) is 6. The third-order valence-corrected chi connectivity index (χ3v) is 5.16. The van der Waals surface area contributed by atoms with Gasteiger partial charge in [-0.15, -0.1) is 11.5 Å². The zero-order chi connectivity index (χ0) is 20.2. The lowest BCUT2D eigenvalue weighted by molar-refractivity contribution is -0.105. The Morgan fingerprint density at radius 2 is 2.10 bits per heavy atom. The van der Waals surface area contributed by atoms with Crippen LogP contribution in [0.2, 0.25) is 0 Å². The molecule has 29 heavy (non-hydrogen) atoms. The van der Waals surface area contributed by atoms with Crippen LogP contribution in [0.15, 0.2) is 42.7 Å². The first kappa shape index (κ1) is 19.0. The fraction of sp³-hybridized carbons (Fsp3) is 0.304. The number of anilines is 2. The molecule has 1 aromatic heterocycles. The number of rotatable bonds is 5. The van der Waals surface area contributed by atoms with Gasteiger partial charge < -0.3 is 14.9 Å². The minimum absolute atomic E-state index is 0.346. The van der Waals surface area contributed by atoms with Crippen LogP contribution in [0, 0.1) is 12.3 Å². The van der Waals surface area contributed by atoms with Gasteiger partial charge >= 0.3 is 0 Å². The molecule has 1 fully saturated rings. The quantitative estimate of drug-likeness (QED) is 0.648. The van der Waals surface area contributed by atoms with Gasteiger partial charge in [0, 0.05) is 36.0 Å². The van der Waals surface area contributed by atoms with Gasteiger partial charge in [-0.2, -0.15) is 0 Å². The first-order valence-electron chi connectivity index (χ1n) is 9.79. The molecule has 4 rings (SSSR count). The van der Waals surface area contributed by atoms with Crippen LogP contribution in [0.3, 0.4) is 0 Å². The van der Waals surface area contributed by atoms with Crippen LogP contribution >= 0.6 is 0 Å². The van der Waals surface area contributed by atoms with Crippen LogP contribution in [0.25, 0.3) is 10.9 Å². The number of nitrogens with zero attached hydrogens (tertiary/aromatic N) is 3. The maximum Gasteiger partial charge on any atom is 0.164 e. The minimum atomic E-state index is 0.346. The van der Waals surface area contributed by atoms with E-state index in [2.05, 4.69) is 28.1 Å². The Morgan fingerprint density at radius 3 is 2.90 bits per heavy atom. The third-order valence-electron chi connectivity index (χ3n) is 5.16. The van der Waals surface area contributed by atoms with Gasteiger partial charge in [-0.3, -0.25) is 0 Å². The number of ether oxygens (including phenoxy) is 1. The maximum atomic E-state index is 6.35. The Labute approximate surface area is 170 Å². The summed E-state index contributed by atoms with van der Waals surface area (Å²) in [5, 5.41) is 6.20. The van der Waals surface area contributed by atoms with Crippen LogP contribution in [-0.4, -0.2) is 34.7 Å². The van der Waals surface area contributed by atoms with Crippen molar-refractivity contribution in [3.05, 3.63) is 48.3 Å². The highest BCUT2D eigenvalue weighted by Crippen LogP contribution is 2.36. The molecule has 1 aliphatic heterocycles. The topological polar surface area (TPSA) is 59.5 Å². The molecule has 3 aromatic rings. The van der Waals surface area contributed by atoms with E-state index in [0.29, 0.717) is 23.4 Å². The molecular weight excluding hydrogens is 364 g/mol. The lowest BCUT2D eigenvalue weighted by atomic mass is 10.1. The van der Waals surface area contributed by atoms with Gasteiger partial charge in [-0.25, -0.2) is 9.97 Å². The molecule has 2 heterocycles. The summed E-state index contributed by atoms with van der Waals surface area (Å²) < 4.78 is 5.47. The second-order valence-corrected chi connectivity index (χ2v) is 7.17. The number of hydrogen-bond donors (Lipinski definition) is 1. The van der Waals surface area contributed by atoms with Gasteiger partial charge in [-0.05, 0) is 38.0 Å². The highest BCUT2D eigenvalue weighted by molar-refractivity contribution is 5.96. The molecule has 0 spiro atoms. The Hall–Kier alpha value is -3.30. The van der Waals surface area contributed by atoms with E-state index in [9.17, 15) is 0 Å². The van der Waals surface area contributed by atoms with Crippen LogP contribution < -0.4 is 14.9 Å². The molecule has 6 nitrogen and oxygen atoms in total. The summed E-state index contributed by atoms with van der Waals surface area (Å²) in [5.41, 5.74) is 2.40. The first-order valence-corrected chi connectivity index (χ1v) is 9.79. The van der Waals surface area contributed by atoms with Crippen molar-refractivity contribution in [2.45, 2.75) is 32.2 Å². The normalized spacial score (nSPS) is 16.9. The summed E-state index contributed by atoms with van der Waals surface area (Å²) >= 11 is 0. The predicted molar refractivity (Wildman–Crippen MR) is 114 cm³/mol. The monoisotopic (exact) mass is 388 g/mol. The van der Waals surface area contributed by atoms with E-state index in [1.807, 2.05) is 41.5 Å². The van der Waals surface area contributed by atoms with Crippen LogP contribution in [0.1, 0.15) is 31.7 Å². The highest BCUT2D eigenvalue weighted by Gasteiger charge is 2.22. The molecule has 0 bridgehead atoms. The smallest absolute Gasteiger partial charge is 0.164 e. The van der Waals surface area contributed by atoms with E-state index in [1.54, 1.807) is 7.11 Å². The molecule has 0 radical (unpaired) electrons. The number of hydroxylamine groups is 2. The molecule has 1 unspecified atom stereocenters. The molecule has 2 aromatic carbocycles. The standard InChI is InChI=1S/C23H24N4O2/c1-4-17-9-7-10-18(12-17)26-23-22-20(24-15-25-23)13-19(28-3)14-21(22)29-27-11-6-5-8-16(27)2/h1,7,9-10,12-16H,5-6,8,11H2,2-3H3,(H,24,25,26). The van der Waals surface area contributed by atoms with Gasteiger partial charge in [0.25, 0.3) is 0 Å². The lowest BCUT2D eigenvalue weighted by Crippen LogP contribution is -2.40. The minimum Gasteiger partial charge on any atom is -0.497 e. The molecule has 148 valence electrons. The highest BCUT2D eigenvalue weighted by atomic mass is 16.7. The van der Waals surface area contributed by atoms with Gasteiger partial charge in [0.1, 0.15) is 17.9 Å². The number of methoxy groups -OCH3 is 1. The lowest BCUT2D eigenvalue weighted by Gasteiger charge is -2.32. The summed E-state index contributed by atoms with van der Waals surface area (Å²) in [4.78, 5) is 15.3. The number of aromatic nitrogens is 2. The van der Waals surface area contributed by atoms with Gasteiger partial charge in [0.05, 0.1) is 18.0 Å². The molecule has 1 saturated heterocycles. The molecule has 0 aliphatic carbocycles. The van der Waals surface area contributed by atoms with Crippen LogP contribution in [-0.2, 0) is 0 Å². The van der Waals surface area contributed by atoms with E-state index in [1.165, 1.54) is 12.7 Å². The largest absolute Gasteiger partial charge is 0.497 e. The first-order chi connectivity index (χ1) is 14.2. The summed E-state index contributed by atoms with van der Waals surface area (Å²) in [7, 11) is 1.64. The second kappa shape index (κ2) is 8.38. The van der Waals surface area contributed by atoms with E-state index < -0.39 is 0 Å². The Morgan fingerprint density at radius 1 is 1.21 bits per heavy atom. The van der Waals surface area contributed by atoms with Crippen molar-refractivity contribution in [2.75, 3.05) is 19.0 Å². The molecule has 1 N–H and O–H groups in total. The Bertz CT molecular complexity index is 1060. The van der Waals surface area contributed by atoms with E-state index >= 15 is 0 Å². The van der Waals surface area contributed by atoms with Crippen molar-refractivity contribution in [3.8, 4) is 23.8 Å². The summed E-state index contributed by atoms with van der Waals surface area (Å²) in [6.07, 6.45) is 10.5. The van der Waals surface area contributed by atoms with Crippen molar-refractivity contribution < 1.29 is 9.57 Å². The van der Waals surface area contributed by atoms with Crippen molar-refractivity contribution in [1.29, 1.82) is 0 Å². The average molecular weight is 388 g/mol. The zero-order valence-corrected chi connectivity index (χ0v) is 16.7. The summed E-state index contributed by atoms with van der Waals surface area (Å²) in [6, 6.07) is 11.8. The summed E-state index contributed by atoms with van der Waals surface area (Å²) in [6.45, 7) is 3.07. The van der Waals surface area contributed by atoms with E-state index in [0.717, 1.165) is 41.5 Å². The molecule has 1 aliphatic rings. The Balaban J connectivity index is 1.77. The predicted octanol–water partition coefficient (Wildman–Crippen LogP) is 4.53. The van der Waals surface area contributed by atoms with E-state index in [-0.39, 0.29) is 0 Å². The van der Waals surface area contributed by atoms with Gasteiger partial charge in [0.15, 0.2) is 5.75 Å². The number of benzene rings is 2. The van der Waals surface area contributed by atoms with Gasteiger partial charge in [-0.1, -0.05) is 18.4 Å².